The summed E-state index contributed by atoms with van der Waals surface area (Å²) in [6.07, 6.45) is -4.81. The van der Waals surface area contributed by atoms with E-state index in [0.29, 0.717) is 5.69 Å². The Hall–Kier alpha value is -1.88. The Morgan fingerprint density at radius 3 is 2.33 bits per heavy atom. The molecule has 0 amide bonds. The smallest absolute Gasteiger partial charge is 0.351 e. The van der Waals surface area contributed by atoms with Gasteiger partial charge in [0, 0.05) is 9.26 Å². The summed E-state index contributed by atoms with van der Waals surface area (Å²) in [6, 6.07) is 6.76. The van der Waals surface area contributed by atoms with Crippen LogP contribution in [0.1, 0.15) is 26.8 Å². The molecule has 3 rings (SSSR count). The molecular weight excluding hydrogens is 462 g/mol. The molecule has 1 aliphatic carbocycles. The van der Waals surface area contributed by atoms with Crippen molar-refractivity contribution in [2.45, 2.75) is 6.18 Å². The van der Waals surface area contributed by atoms with Crippen LogP contribution >= 0.6 is 34.2 Å². The number of aromatic amines is 1. The number of carbonyl (C=O) groups excluding carboxylic acids is 2. The van der Waals surface area contributed by atoms with Gasteiger partial charge >= 0.3 is 6.18 Å². The second kappa shape index (κ2) is 5.88. The number of alkyl halides is 3. The monoisotopic (exact) mass is 467 g/mol. The normalized spacial score (nSPS) is 14.9. The first-order chi connectivity index (χ1) is 11.2. The van der Waals surface area contributed by atoms with E-state index in [0.717, 1.165) is 3.57 Å². The number of benzene rings is 1. The third-order valence-corrected chi connectivity index (χ3v) is 4.25. The fraction of sp³-hybridized carbons (Fsp3) is 0.0714. The number of hydrogen-bond donors (Lipinski definition) is 2. The van der Waals surface area contributed by atoms with E-state index in [1.807, 2.05) is 4.98 Å². The molecule has 0 fully saturated rings. The summed E-state index contributed by atoms with van der Waals surface area (Å²) >= 11 is 7.96. The average molecular weight is 468 g/mol. The summed E-state index contributed by atoms with van der Waals surface area (Å²) in [5.74, 6) is -3.24. The number of aromatic nitrogens is 2. The number of allylic oxidation sites excluding steroid dienone is 2. The Morgan fingerprint density at radius 2 is 1.75 bits per heavy atom. The van der Waals surface area contributed by atoms with Crippen LogP contribution in [0.3, 0.4) is 0 Å². The minimum atomic E-state index is -4.81. The van der Waals surface area contributed by atoms with Crippen molar-refractivity contribution in [3.8, 4) is 0 Å². The fourth-order valence-corrected chi connectivity index (χ4v) is 2.65. The van der Waals surface area contributed by atoms with E-state index in [1.54, 1.807) is 24.3 Å². The van der Waals surface area contributed by atoms with Crippen LogP contribution < -0.4 is 5.32 Å². The summed E-state index contributed by atoms with van der Waals surface area (Å²) in [4.78, 5) is 29.5. The van der Waals surface area contributed by atoms with Gasteiger partial charge in [0.1, 0.15) is 22.1 Å². The number of halogens is 5. The van der Waals surface area contributed by atoms with Gasteiger partial charge in [0.05, 0.1) is 0 Å². The van der Waals surface area contributed by atoms with E-state index in [9.17, 15) is 22.8 Å². The van der Waals surface area contributed by atoms with Gasteiger partial charge in [-0.1, -0.05) is 11.6 Å². The molecule has 0 radical (unpaired) electrons. The fourth-order valence-electron chi connectivity index (χ4n) is 2.07. The molecule has 2 aromatic rings. The molecule has 10 heteroatoms. The predicted octanol–water partition coefficient (Wildman–Crippen LogP) is 3.97. The predicted molar refractivity (Wildman–Crippen MR) is 87.9 cm³/mol. The van der Waals surface area contributed by atoms with Crippen molar-refractivity contribution in [2.24, 2.45) is 0 Å². The summed E-state index contributed by atoms with van der Waals surface area (Å²) in [5, 5.41) is 2.17. The first-order valence-electron chi connectivity index (χ1n) is 6.37. The van der Waals surface area contributed by atoms with Gasteiger partial charge in [0.2, 0.25) is 17.4 Å². The van der Waals surface area contributed by atoms with Crippen molar-refractivity contribution >= 4 is 51.4 Å². The highest BCUT2D eigenvalue weighted by atomic mass is 127. The molecule has 0 aliphatic heterocycles. The van der Waals surface area contributed by atoms with Crippen molar-refractivity contribution in [3.05, 3.63) is 55.8 Å². The molecule has 2 N–H and O–H groups in total. The van der Waals surface area contributed by atoms with Gasteiger partial charge in [0.25, 0.3) is 0 Å². The first kappa shape index (κ1) is 17.0. The molecule has 1 aliphatic rings. The number of nitrogens with one attached hydrogen (secondary N) is 2. The average Bonchev–Trinajstić information content (AvgIpc) is 2.97. The maximum atomic E-state index is 12.7. The van der Waals surface area contributed by atoms with Crippen LogP contribution in [0.4, 0.5) is 18.9 Å². The molecule has 0 saturated carbocycles. The van der Waals surface area contributed by atoms with Gasteiger partial charge in [-0.15, -0.1) is 0 Å². The molecular formula is C14H6ClF3IN3O2. The molecule has 1 aromatic heterocycles. The largest absolute Gasteiger partial charge is 0.449 e. The molecule has 0 saturated heterocycles. The zero-order valence-corrected chi connectivity index (χ0v) is 14.4. The third kappa shape index (κ3) is 2.93. The van der Waals surface area contributed by atoms with Gasteiger partial charge in [-0.3, -0.25) is 9.59 Å². The second-order valence-electron chi connectivity index (χ2n) is 4.79. The highest BCUT2D eigenvalue weighted by Gasteiger charge is 2.41. The van der Waals surface area contributed by atoms with Gasteiger partial charge in [-0.25, -0.2) is 4.98 Å². The lowest BCUT2D eigenvalue weighted by atomic mass is 10.0. The molecule has 0 bridgehead atoms. The number of imidazole rings is 1. The lowest BCUT2D eigenvalue weighted by Gasteiger charge is -2.15. The Kier molecular flexibility index (Phi) is 4.16. The van der Waals surface area contributed by atoms with Gasteiger partial charge in [0.15, 0.2) is 0 Å². The highest BCUT2D eigenvalue weighted by molar-refractivity contribution is 14.1. The molecule has 5 nitrogen and oxygen atoms in total. The van der Waals surface area contributed by atoms with Gasteiger partial charge in [-0.2, -0.15) is 13.2 Å². The van der Waals surface area contributed by atoms with Crippen LogP contribution in [0.5, 0.6) is 0 Å². The van der Waals surface area contributed by atoms with E-state index < -0.39 is 40.0 Å². The molecule has 1 aromatic carbocycles. The van der Waals surface area contributed by atoms with Crippen molar-refractivity contribution < 1.29 is 22.8 Å². The molecule has 0 spiro atoms. The van der Waals surface area contributed by atoms with Crippen molar-refractivity contribution in [2.75, 3.05) is 5.32 Å². The Bertz CT molecular complexity index is 888. The standard InChI is InChI=1S/C14H6ClF3IN3O2/c15-7-8(20-6-3-1-5(19)2-4-6)12(24)10-9(11(7)23)21-13(22-10)14(16,17)18/h1-4,20H,(H,21,22). The number of rotatable bonds is 2. The number of nitrogens with zero attached hydrogens (tertiary/aromatic N) is 1. The number of carbonyl (C=O) groups is 2. The zero-order chi connectivity index (χ0) is 17.6. The number of hydrogen-bond acceptors (Lipinski definition) is 4. The maximum Gasteiger partial charge on any atom is 0.449 e. The van der Waals surface area contributed by atoms with Crippen molar-refractivity contribution in [3.63, 3.8) is 0 Å². The lowest BCUT2D eigenvalue weighted by Crippen LogP contribution is -2.24. The maximum absolute atomic E-state index is 12.7. The van der Waals surface area contributed by atoms with Crippen LogP contribution in [0.25, 0.3) is 0 Å². The van der Waals surface area contributed by atoms with Gasteiger partial charge in [-0.05, 0) is 46.9 Å². The highest BCUT2D eigenvalue weighted by Crippen LogP contribution is 2.33. The first-order valence-corrected chi connectivity index (χ1v) is 7.83. The Morgan fingerprint density at radius 1 is 1.12 bits per heavy atom. The van der Waals surface area contributed by atoms with Crippen molar-refractivity contribution in [1.29, 1.82) is 0 Å². The number of ketones is 2. The summed E-state index contributed by atoms with van der Waals surface area (Å²) in [7, 11) is 0. The van der Waals surface area contributed by atoms with Crippen LogP contribution in [-0.4, -0.2) is 21.5 Å². The minimum absolute atomic E-state index is 0.310. The Labute approximate surface area is 151 Å². The zero-order valence-electron chi connectivity index (χ0n) is 11.5. The Balaban J connectivity index is 2.01. The van der Waals surface area contributed by atoms with E-state index >= 15 is 0 Å². The second-order valence-corrected chi connectivity index (χ2v) is 6.41. The number of anilines is 1. The molecule has 24 heavy (non-hydrogen) atoms. The van der Waals surface area contributed by atoms with E-state index in [2.05, 4.69) is 32.9 Å². The van der Waals surface area contributed by atoms with Crippen LogP contribution in [-0.2, 0) is 6.18 Å². The van der Waals surface area contributed by atoms with Crippen LogP contribution in [0, 0.1) is 3.57 Å². The summed E-state index contributed by atoms with van der Waals surface area (Å²) < 4.78 is 39.1. The number of Topliss-reactive ketones (excluding diaryl/α,β-unsaturated/α-hetero) is 2. The van der Waals surface area contributed by atoms with Gasteiger partial charge < -0.3 is 10.3 Å². The molecule has 0 unspecified atom stereocenters. The topological polar surface area (TPSA) is 74.8 Å². The molecule has 1 heterocycles. The van der Waals surface area contributed by atoms with Crippen LogP contribution in [0.2, 0.25) is 0 Å². The summed E-state index contributed by atoms with van der Waals surface area (Å²) in [5.41, 5.74) is -1.02. The van der Waals surface area contributed by atoms with E-state index in [4.69, 9.17) is 11.6 Å². The van der Waals surface area contributed by atoms with Crippen molar-refractivity contribution in [1.82, 2.24) is 9.97 Å². The molecule has 0 atom stereocenters. The minimum Gasteiger partial charge on any atom is -0.351 e. The quantitative estimate of drug-likeness (QED) is 0.656. The molecule has 124 valence electrons. The lowest BCUT2D eigenvalue weighted by molar-refractivity contribution is -0.144. The van der Waals surface area contributed by atoms with Crippen LogP contribution in [0.15, 0.2) is 35.0 Å². The SMILES string of the molecule is O=C1C(Nc2ccc(I)cc2)=C(Cl)C(=O)c2[nH]c(C(F)(F)F)nc21. The summed E-state index contributed by atoms with van der Waals surface area (Å²) in [6.45, 7) is 0. The van der Waals surface area contributed by atoms with E-state index in [1.165, 1.54) is 0 Å². The van der Waals surface area contributed by atoms with E-state index in [-0.39, 0.29) is 5.70 Å². The number of H-pyrrole nitrogens is 1. The number of fused-ring (bicyclic) bond motifs is 1. The third-order valence-electron chi connectivity index (χ3n) is 3.17.